The molecular formula is C13H7ClFNO5. The average molecular weight is 312 g/mol. The van der Waals surface area contributed by atoms with Crippen LogP contribution in [0, 0.1) is 15.9 Å². The molecule has 21 heavy (non-hydrogen) atoms. The molecule has 0 atom stereocenters. The minimum absolute atomic E-state index is 0.0129. The van der Waals surface area contributed by atoms with E-state index in [0.29, 0.717) is 0 Å². The van der Waals surface area contributed by atoms with Crippen molar-refractivity contribution in [2.24, 2.45) is 0 Å². The third kappa shape index (κ3) is 3.26. The van der Waals surface area contributed by atoms with Crippen LogP contribution in [0.2, 0.25) is 5.02 Å². The van der Waals surface area contributed by atoms with Crippen LogP contribution in [-0.4, -0.2) is 16.0 Å². The fraction of sp³-hybridized carbons (Fsp3) is 0. The molecular weight excluding hydrogens is 305 g/mol. The van der Waals surface area contributed by atoms with Gasteiger partial charge in [-0.25, -0.2) is 9.18 Å². The molecule has 0 aliphatic carbocycles. The maximum absolute atomic E-state index is 12.9. The SMILES string of the molecule is O=C(O)c1ccc([N+](=O)[O-])cc1Oc1ccc(F)cc1Cl. The number of ether oxygens (including phenoxy) is 1. The molecule has 2 rings (SSSR count). The van der Waals surface area contributed by atoms with E-state index in [1.165, 1.54) is 6.07 Å². The summed E-state index contributed by atoms with van der Waals surface area (Å²) in [6, 6.07) is 6.30. The van der Waals surface area contributed by atoms with Crippen molar-refractivity contribution in [3.63, 3.8) is 0 Å². The summed E-state index contributed by atoms with van der Waals surface area (Å²) in [6.45, 7) is 0. The lowest BCUT2D eigenvalue weighted by Crippen LogP contribution is -2.01. The van der Waals surface area contributed by atoms with Crippen LogP contribution in [0.15, 0.2) is 36.4 Å². The predicted molar refractivity (Wildman–Crippen MR) is 71.5 cm³/mol. The van der Waals surface area contributed by atoms with E-state index in [4.69, 9.17) is 21.4 Å². The van der Waals surface area contributed by atoms with Gasteiger partial charge >= 0.3 is 5.97 Å². The summed E-state index contributed by atoms with van der Waals surface area (Å²) in [5, 5.41) is 19.7. The molecule has 2 aromatic carbocycles. The van der Waals surface area contributed by atoms with Gasteiger partial charge in [-0.05, 0) is 24.3 Å². The summed E-state index contributed by atoms with van der Waals surface area (Å²) in [5.74, 6) is -2.19. The first kappa shape index (κ1) is 14.7. The molecule has 108 valence electrons. The number of halogens is 2. The lowest BCUT2D eigenvalue weighted by Gasteiger charge is -2.10. The number of nitrogens with zero attached hydrogens (tertiary/aromatic N) is 1. The van der Waals surface area contributed by atoms with E-state index in [2.05, 4.69) is 0 Å². The smallest absolute Gasteiger partial charge is 0.339 e. The Kier molecular flexibility index (Phi) is 4.04. The summed E-state index contributed by atoms with van der Waals surface area (Å²) in [5.41, 5.74) is -0.616. The standard InChI is InChI=1S/C13H7ClFNO5/c14-10-5-7(15)1-4-11(10)21-12-6-8(16(19)20)2-3-9(12)13(17)18/h1-6H,(H,17,18). The number of aromatic carboxylic acids is 1. The fourth-order valence-corrected chi connectivity index (χ4v) is 1.77. The normalized spacial score (nSPS) is 10.2. The van der Waals surface area contributed by atoms with Gasteiger partial charge in [0.05, 0.1) is 16.0 Å². The third-order valence-corrected chi connectivity index (χ3v) is 2.82. The molecule has 8 heteroatoms. The van der Waals surface area contributed by atoms with E-state index >= 15 is 0 Å². The second-order valence-corrected chi connectivity index (χ2v) is 4.33. The van der Waals surface area contributed by atoms with Crippen LogP contribution in [0.25, 0.3) is 0 Å². The zero-order chi connectivity index (χ0) is 15.6. The van der Waals surface area contributed by atoms with Crippen molar-refractivity contribution in [1.29, 1.82) is 0 Å². The van der Waals surface area contributed by atoms with Crippen LogP contribution in [0.1, 0.15) is 10.4 Å². The van der Waals surface area contributed by atoms with Gasteiger partial charge in [-0.3, -0.25) is 10.1 Å². The zero-order valence-electron chi connectivity index (χ0n) is 10.2. The number of hydrogen-bond acceptors (Lipinski definition) is 4. The highest BCUT2D eigenvalue weighted by Gasteiger charge is 2.18. The van der Waals surface area contributed by atoms with Crippen molar-refractivity contribution in [3.05, 3.63) is 62.9 Å². The van der Waals surface area contributed by atoms with E-state index in [1.54, 1.807) is 0 Å². The number of benzene rings is 2. The Hall–Kier alpha value is -2.67. The quantitative estimate of drug-likeness (QED) is 0.683. The second-order valence-electron chi connectivity index (χ2n) is 3.92. The molecule has 0 saturated heterocycles. The zero-order valence-corrected chi connectivity index (χ0v) is 11.0. The molecule has 0 heterocycles. The summed E-state index contributed by atoms with van der Waals surface area (Å²) in [6.07, 6.45) is 0. The highest BCUT2D eigenvalue weighted by atomic mass is 35.5. The van der Waals surface area contributed by atoms with Crippen molar-refractivity contribution >= 4 is 23.3 Å². The largest absolute Gasteiger partial charge is 0.478 e. The molecule has 0 saturated carbocycles. The summed E-state index contributed by atoms with van der Waals surface area (Å²) < 4.78 is 18.2. The Morgan fingerprint density at radius 3 is 2.52 bits per heavy atom. The van der Waals surface area contributed by atoms with Crippen molar-refractivity contribution in [1.82, 2.24) is 0 Å². The highest BCUT2D eigenvalue weighted by Crippen LogP contribution is 2.33. The van der Waals surface area contributed by atoms with Crippen LogP contribution in [0.5, 0.6) is 11.5 Å². The Bertz CT molecular complexity index is 734. The van der Waals surface area contributed by atoms with Gasteiger partial charge < -0.3 is 9.84 Å². The summed E-state index contributed by atoms with van der Waals surface area (Å²) in [4.78, 5) is 21.1. The molecule has 0 radical (unpaired) electrons. The minimum Gasteiger partial charge on any atom is -0.478 e. The first-order valence-electron chi connectivity index (χ1n) is 5.53. The third-order valence-electron chi connectivity index (χ3n) is 2.52. The Morgan fingerprint density at radius 1 is 1.24 bits per heavy atom. The Balaban J connectivity index is 2.48. The van der Waals surface area contributed by atoms with Crippen LogP contribution in [0.4, 0.5) is 10.1 Å². The number of non-ortho nitro benzene ring substituents is 1. The van der Waals surface area contributed by atoms with Crippen LogP contribution >= 0.6 is 11.6 Å². The molecule has 6 nitrogen and oxygen atoms in total. The Labute approximate surface area is 122 Å². The molecule has 1 N–H and O–H groups in total. The number of hydrogen-bond donors (Lipinski definition) is 1. The monoisotopic (exact) mass is 311 g/mol. The summed E-state index contributed by atoms with van der Waals surface area (Å²) >= 11 is 5.77. The van der Waals surface area contributed by atoms with Gasteiger partial charge in [0.1, 0.15) is 22.9 Å². The van der Waals surface area contributed by atoms with Crippen LogP contribution in [0.3, 0.4) is 0 Å². The lowest BCUT2D eigenvalue weighted by molar-refractivity contribution is -0.384. The van der Waals surface area contributed by atoms with Crippen molar-refractivity contribution in [3.8, 4) is 11.5 Å². The van der Waals surface area contributed by atoms with Gasteiger partial charge in [-0.2, -0.15) is 0 Å². The maximum atomic E-state index is 12.9. The van der Waals surface area contributed by atoms with E-state index in [0.717, 1.165) is 30.3 Å². The van der Waals surface area contributed by atoms with Crippen molar-refractivity contribution in [2.45, 2.75) is 0 Å². The van der Waals surface area contributed by atoms with E-state index < -0.39 is 16.7 Å². The molecule has 0 amide bonds. The van der Waals surface area contributed by atoms with E-state index in [1.807, 2.05) is 0 Å². The second kappa shape index (κ2) is 5.76. The number of carboxylic acids is 1. The van der Waals surface area contributed by atoms with Gasteiger partial charge in [0, 0.05) is 6.07 Å². The molecule has 0 aliphatic rings. The number of nitro groups is 1. The van der Waals surface area contributed by atoms with Gasteiger partial charge in [-0.1, -0.05) is 11.6 Å². The van der Waals surface area contributed by atoms with Crippen LogP contribution in [-0.2, 0) is 0 Å². The number of carboxylic acid groups (broad SMARTS) is 1. The van der Waals surface area contributed by atoms with E-state index in [9.17, 15) is 19.3 Å². The van der Waals surface area contributed by atoms with Gasteiger partial charge in [0.2, 0.25) is 0 Å². The first-order chi connectivity index (χ1) is 9.88. The number of carbonyl (C=O) groups is 1. The highest BCUT2D eigenvalue weighted by molar-refractivity contribution is 6.32. The lowest BCUT2D eigenvalue weighted by atomic mass is 10.2. The fourth-order valence-electron chi connectivity index (χ4n) is 1.56. The first-order valence-corrected chi connectivity index (χ1v) is 5.91. The predicted octanol–water partition coefficient (Wildman–Crippen LogP) is 3.88. The van der Waals surface area contributed by atoms with Crippen molar-refractivity contribution < 1.29 is 24.0 Å². The van der Waals surface area contributed by atoms with E-state index in [-0.39, 0.29) is 27.8 Å². The number of nitro benzene ring substituents is 1. The van der Waals surface area contributed by atoms with Crippen LogP contribution < -0.4 is 4.74 Å². The maximum Gasteiger partial charge on any atom is 0.339 e. The molecule has 0 unspecified atom stereocenters. The minimum atomic E-state index is -1.32. The molecule has 0 bridgehead atoms. The average Bonchev–Trinajstić information content (AvgIpc) is 2.41. The summed E-state index contributed by atoms with van der Waals surface area (Å²) in [7, 11) is 0. The van der Waals surface area contributed by atoms with Crippen molar-refractivity contribution in [2.75, 3.05) is 0 Å². The topological polar surface area (TPSA) is 89.7 Å². The molecule has 0 fully saturated rings. The van der Waals surface area contributed by atoms with Gasteiger partial charge in [-0.15, -0.1) is 0 Å². The molecule has 0 aliphatic heterocycles. The molecule has 2 aromatic rings. The molecule has 0 spiro atoms. The molecule has 0 aromatic heterocycles. The Morgan fingerprint density at radius 2 is 1.95 bits per heavy atom. The van der Waals surface area contributed by atoms with Gasteiger partial charge in [0.15, 0.2) is 0 Å². The van der Waals surface area contributed by atoms with Gasteiger partial charge in [0.25, 0.3) is 5.69 Å². The number of rotatable bonds is 4.